The molecule has 0 radical (unpaired) electrons. The van der Waals surface area contributed by atoms with Gasteiger partial charge in [-0.1, -0.05) is 43.2 Å². The third-order valence-corrected chi connectivity index (χ3v) is 4.10. The summed E-state index contributed by atoms with van der Waals surface area (Å²) >= 11 is 0. The lowest BCUT2D eigenvalue weighted by molar-refractivity contribution is 0.0949. The van der Waals surface area contributed by atoms with Crippen molar-refractivity contribution < 1.29 is 14.3 Å². The Morgan fingerprint density at radius 3 is 2.54 bits per heavy atom. The van der Waals surface area contributed by atoms with Crippen LogP contribution in [-0.4, -0.2) is 19.1 Å². The summed E-state index contributed by atoms with van der Waals surface area (Å²) in [5.74, 6) is 0.683. The molecule has 1 N–H and O–H groups in total. The molecule has 0 unspecified atom stereocenters. The van der Waals surface area contributed by atoms with Gasteiger partial charge in [-0.05, 0) is 44.0 Å². The number of carbonyl (C=O) groups excluding carboxylic acids is 1. The molecule has 0 saturated carbocycles. The van der Waals surface area contributed by atoms with Crippen LogP contribution in [-0.2, 0) is 17.9 Å². The molecule has 0 bridgehead atoms. The van der Waals surface area contributed by atoms with Crippen LogP contribution in [0.4, 0.5) is 0 Å². The summed E-state index contributed by atoms with van der Waals surface area (Å²) in [5.41, 5.74) is 3.82. The Morgan fingerprint density at radius 2 is 1.85 bits per heavy atom. The highest BCUT2D eigenvalue weighted by atomic mass is 16.5. The van der Waals surface area contributed by atoms with E-state index >= 15 is 0 Å². The molecular formula is C22H29NO3. The standard InChI is InChI=1S/C22H29NO3/c1-4-6-13-25-16-20-14-19(11-12-21(20)26-5-2)22(24)23-15-18-9-7-17(3)8-10-18/h7-12,14H,4-6,13,15-16H2,1-3H3,(H,23,24). The van der Waals surface area contributed by atoms with Crippen molar-refractivity contribution in [3.8, 4) is 5.75 Å². The number of unbranched alkanes of at least 4 members (excludes halogenated alkanes) is 1. The first kappa shape index (κ1) is 20.0. The minimum Gasteiger partial charge on any atom is -0.494 e. The van der Waals surface area contributed by atoms with E-state index in [0.29, 0.717) is 31.9 Å². The average Bonchev–Trinajstić information content (AvgIpc) is 2.66. The number of aryl methyl sites for hydroxylation is 1. The third kappa shape index (κ3) is 6.19. The van der Waals surface area contributed by atoms with Gasteiger partial charge in [-0.15, -0.1) is 0 Å². The quantitative estimate of drug-likeness (QED) is 0.632. The fourth-order valence-electron chi connectivity index (χ4n) is 2.55. The van der Waals surface area contributed by atoms with Crippen molar-refractivity contribution in [2.45, 2.75) is 46.8 Å². The van der Waals surface area contributed by atoms with Crippen LogP contribution in [0.1, 0.15) is 53.7 Å². The van der Waals surface area contributed by atoms with Gasteiger partial charge < -0.3 is 14.8 Å². The Kier molecular flexibility index (Phi) is 8.16. The predicted molar refractivity (Wildman–Crippen MR) is 105 cm³/mol. The number of amides is 1. The first-order chi connectivity index (χ1) is 12.6. The molecule has 0 saturated heterocycles. The normalized spacial score (nSPS) is 10.6. The van der Waals surface area contributed by atoms with Gasteiger partial charge in [0, 0.05) is 24.3 Å². The maximum atomic E-state index is 12.5. The number of nitrogens with one attached hydrogen (secondary N) is 1. The van der Waals surface area contributed by atoms with Gasteiger partial charge in [0.15, 0.2) is 0 Å². The number of hydrogen-bond acceptors (Lipinski definition) is 3. The van der Waals surface area contributed by atoms with E-state index in [-0.39, 0.29) is 5.91 Å². The number of benzene rings is 2. The molecule has 0 aliphatic heterocycles. The van der Waals surface area contributed by atoms with E-state index in [4.69, 9.17) is 9.47 Å². The summed E-state index contributed by atoms with van der Waals surface area (Å²) in [6, 6.07) is 13.7. The second-order valence-corrected chi connectivity index (χ2v) is 6.33. The zero-order valence-corrected chi connectivity index (χ0v) is 16.0. The average molecular weight is 355 g/mol. The molecule has 26 heavy (non-hydrogen) atoms. The lowest BCUT2D eigenvalue weighted by atomic mass is 10.1. The van der Waals surface area contributed by atoms with Crippen molar-refractivity contribution in [3.63, 3.8) is 0 Å². The van der Waals surface area contributed by atoms with E-state index in [9.17, 15) is 4.79 Å². The summed E-state index contributed by atoms with van der Waals surface area (Å²) in [4.78, 5) is 12.5. The molecule has 0 atom stereocenters. The number of rotatable bonds is 10. The van der Waals surface area contributed by atoms with Crippen LogP contribution in [0.2, 0.25) is 0 Å². The lowest BCUT2D eigenvalue weighted by Crippen LogP contribution is -2.23. The van der Waals surface area contributed by atoms with Gasteiger partial charge in [0.1, 0.15) is 5.75 Å². The molecule has 2 aromatic rings. The summed E-state index contributed by atoms with van der Waals surface area (Å²) in [7, 11) is 0. The van der Waals surface area contributed by atoms with Crippen molar-refractivity contribution in [3.05, 3.63) is 64.7 Å². The summed E-state index contributed by atoms with van der Waals surface area (Å²) < 4.78 is 11.4. The molecule has 2 rings (SSSR count). The molecule has 1 amide bonds. The Labute approximate surface area is 156 Å². The SMILES string of the molecule is CCCCOCc1cc(C(=O)NCc2ccc(C)cc2)ccc1OCC. The largest absolute Gasteiger partial charge is 0.494 e. The van der Waals surface area contributed by atoms with E-state index in [1.54, 1.807) is 6.07 Å². The van der Waals surface area contributed by atoms with Crippen molar-refractivity contribution >= 4 is 5.91 Å². The molecule has 2 aromatic carbocycles. The van der Waals surface area contributed by atoms with Gasteiger partial charge in [-0.25, -0.2) is 0 Å². The molecule has 0 spiro atoms. The van der Waals surface area contributed by atoms with Crippen LogP contribution in [0.5, 0.6) is 5.75 Å². The van der Waals surface area contributed by atoms with Gasteiger partial charge in [-0.3, -0.25) is 4.79 Å². The first-order valence-corrected chi connectivity index (χ1v) is 9.31. The number of carbonyl (C=O) groups is 1. The molecule has 0 aromatic heterocycles. The second kappa shape index (κ2) is 10.6. The van der Waals surface area contributed by atoms with E-state index in [2.05, 4.69) is 12.2 Å². The fourth-order valence-corrected chi connectivity index (χ4v) is 2.55. The molecule has 0 fully saturated rings. The molecule has 0 aliphatic carbocycles. The monoisotopic (exact) mass is 355 g/mol. The Morgan fingerprint density at radius 1 is 1.08 bits per heavy atom. The molecule has 0 aliphatic rings. The van der Waals surface area contributed by atoms with Gasteiger partial charge >= 0.3 is 0 Å². The van der Waals surface area contributed by atoms with Crippen molar-refractivity contribution in [2.24, 2.45) is 0 Å². The summed E-state index contributed by atoms with van der Waals surface area (Å²) in [5, 5.41) is 2.97. The topological polar surface area (TPSA) is 47.6 Å². The zero-order chi connectivity index (χ0) is 18.8. The molecule has 4 nitrogen and oxygen atoms in total. The second-order valence-electron chi connectivity index (χ2n) is 6.33. The van der Waals surface area contributed by atoms with E-state index < -0.39 is 0 Å². The molecule has 4 heteroatoms. The van der Waals surface area contributed by atoms with Crippen LogP contribution in [0.25, 0.3) is 0 Å². The van der Waals surface area contributed by atoms with Crippen LogP contribution in [0.3, 0.4) is 0 Å². The molecule has 0 heterocycles. The Hall–Kier alpha value is -2.33. The van der Waals surface area contributed by atoms with Gasteiger partial charge in [0.05, 0.1) is 13.2 Å². The minimum absolute atomic E-state index is 0.0940. The Balaban J connectivity index is 2.02. The van der Waals surface area contributed by atoms with Gasteiger partial charge in [0.25, 0.3) is 5.91 Å². The van der Waals surface area contributed by atoms with Gasteiger partial charge in [0.2, 0.25) is 0 Å². The highest BCUT2D eigenvalue weighted by Crippen LogP contribution is 2.21. The molecule has 140 valence electrons. The first-order valence-electron chi connectivity index (χ1n) is 9.31. The minimum atomic E-state index is -0.0940. The fraction of sp³-hybridized carbons (Fsp3) is 0.409. The van der Waals surface area contributed by atoms with Crippen molar-refractivity contribution in [1.29, 1.82) is 0 Å². The van der Waals surface area contributed by atoms with Crippen LogP contribution in [0, 0.1) is 6.92 Å². The van der Waals surface area contributed by atoms with E-state index in [1.807, 2.05) is 50.2 Å². The Bertz CT molecular complexity index is 695. The van der Waals surface area contributed by atoms with E-state index in [1.165, 1.54) is 5.56 Å². The highest BCUT2D eigenvalue weighted by molar-refractivity contribution is 5.94. The smallest absolute Gasteiger partial charge is 0.251 e. The maximum Gasteiger partial charge on any atom is 0.251 e. The summed E-state index contributed by atoms with van der Waals surface area (Å²) in [6.45, 7) is 8.39. The zero-order valence-electron chi connectivity index (χ0n) is 16.0. The van der Waals surface area contributed by atoms with E-state index in [0.717, 1.165) is 29.7 Å². The predicted octanol–water partition coefficient (Wildman–Crippen LogP) is 4.64. The van der Waals surface area contributed by atoms with Crippen LogP contribution in [0.15, 0.2) is 42.5 Å². The lowest BCUT2D eigenvalue weighted by Gasteiger charge is -2.13. The maximum absolute atomic E-state index is 12.5. The summed E-state index contributed by atoms with van der Waals surface area (Å²) in [6.07, 6.45) is 2.13. The van der Waals surface area contributed by atoms with Crippen molar-refractivity contribution in [1.82, 2.24) is 5.32 Å². The van der Waals surface area contributed by atoms with Crippen LogP contribution >= 0.6 is 0 Å². The number of ether oxygens (including phenoxy) is 2. The number of hydrogen-bond donors (Lipinski definition) is 1. The third-order valence-electron chi connectivity index (χ3n) is 4.10. The van der Waals surface area contributed by atoms with Crippen molar-refractivity contribution in [2.75, 3.05) is 13.2 Å². The van der Waals surface area contributed by atoms with Gasteiger partial charge in [-0.2, -0.15) is 0 Å². The van der Waals surface area contributed by atoms with Crippen LogP contribution < -0.4 is 10.1 Å². The highest BCUT2D eigenvalue weighted by Gasteiger charge is 2.11. The molecular weight excluding hydrogens is 326 g/mol.